The molecule has 0 saturated heterocycles. The average molecular weight is 455 g/mol. The van der Waals surface area contributed by atoms with Crippen LogP contribution < -0.4 is 25.2 Å². The number of fused-ring (bicyclic) bond motifs is 2. The van der Waals surface area contributed by atoms with Crippen LogP contribution in [0.15, 0.2) is 66.7 Å². The van der Waals surface area contributed by atoms with Crippen molar-refractivity contribution in [2.75, 3.05) is 11.9 Å². The molecule has 0 atom stereocenters. The molecule has 3 aromatic rings. The highest BCUT2D eigenvalue weighted by molar-refractivity contribution is 6.21. The van der Waals surface area contributed by atoms with Crippen molar-refractivity contribution in [2.24, 2.45) is 5.92 Å². The van der Waals surface area contributed by atoms with E-state index in [2.05, 4.69) is 5.32 Å². The molecular weight excluding hydrogens is 434 g/mol. The lowest BCUT2D eigenvalue weighted by Crippen LogP contribution is -2.16. The number of benzene rings is 3. The SMILES string of the molecule is CC(C)COC(=O)Nc1ccc(C2=c3cc4c(cc3OC2=O)=C(c2ccccc2)C(=O)O4)cc1. The summed E-state index contributed by atoms with van der Waals surface area (Å²) in [5.74, 6) is 0.0374. The highest BCUT2D eigenvalue weighted by atomic mass is 16.6. The largest absolute Gasteiger partial charge is 0.449 e. The van der Waals surface area contributed by atoms with Gasteiger partial charge in [0.1, 0.15) is 11.5 Å². The first kappa shape index (κ1) is 21.5. The van der Waals surface area contributed by atoms with E-state index in [0.717, 1.165) is 5.56 Å². The quantitative estimate of drug-likeness (QED) is 0.470. The molecule has 5 rings (SSSR count). The highest BCUT2D eigenvalue weighted by Crippen LogP contribution is 2.27. The molecule has 2 heterocycles. The second kappa shape index (κ2) is 8.51. The van der Waals surface area contributed by atoms with E-state index in [0.29, 0.717) is 50.9 Å². The van der Waals surface area contributed by atoms with Crippen molar-refractivity contribution in [1.29, 1.82) is 0 Å². The molecule has 0 unspecified atom stereocenters. The minimum absolute atomic E-state index is 0.236. The van der Waals surface area contributed by atoms with Gasteiger partial charge in [0.05, 0.1) is 17.8 Å². The van der Waals surface area contributed by atoms with E-state index >= 15 is 0 Å². The third-order valence-electron chi connectivity index (χ3n) is 5.46. The first-order valence-corrected chi connectivity index (χ1v) is 10.9. The van der Waals surface area contributed by atoms with Gasteiger partial charge in [-0.2, -0.15) is 0 Å². The summed E-state index contributed by atoms with van der Waals surface area (Å²) in [5, 5.41) is 3.79. The zero-order valence-electron chi connectivity index (χ0n) is 18.6. The maximum atomic E-state index is 12.7. The monoisotopic (exact) mass is 455 g/mol. The van der Waals surface area contributed by atoms with Crippen molar-refractivity contribution in [3.8, 4) is 11.5 Å². The molecule has 0 fully saturated rings. The summed E-state index contributed by atoms with van der Waals surface area (Å²) in [5.41, 5.74) is 2.67. The summed E-state index contributed by atoms with van der Waals surface area (Å²) < 4.78 is 16.1. The maximum Gasteiger partial charge on any atom is 0.411 e. The number of amides is 1. The molecule has 7 nitrogen and oxygen atoms in total. The molecule has 170 valence electrons. The van der Waals surface area contributed by atoms with E-state index < -0.39 is 18.0 Å². The van der Waals surface area contributed by atoms with Gasteiger partial charge < -0.3 is 14.2 Å². The Bertz CT molecular complexity index is 1440. The number of esters is 2. The second-order valence-electron chi connectivity index (χ2n) is 8.43. The Morgan fingerprint density at radius 1 is 0.824 bits per heavy atom. The fraction of sp³-hybridized carbons (Fsp3) is 0.148. The van der Waals surface area contributed by atoms with E-state index in [1.54, 1.807) is 36.4 Å². The molecule has 0 saturated carbocycles. The van der Waals surface area contributed by atoms with Crippen molar-refractivity contribution >= 4 is 34.9 Å². The van der Waals surface area contributed by atoms with Crippen LogP contribution in [0.5, 0.6) is 11.5 Å². The van der Waals surface area contributed by atoms with Gasteiger partial charge in [-0.1, -0.05) is 56.3 Å². The molecule has 3 aromatic carbocycles. The number of hydrogen-bond acceptors (Lipinski definition) is 6. The Hall–Kier alpha value is -4.39. The van der Waals surface area contributed by atoms with Gasteiger partial charge in [-0.05, 0) is 41.3 Å². The van der Waals surface area contributed by atoms with Gasteiger partial charge in [0, 0.05) is 16.1 Å². The standard InChI is InChI=1S/C27H21NO6/c1-15(2)14-32-27(31)28-18-10-8-17(9-11-18)24-20-13-21-19(12-22(20)34-26(24)30)23(25(29)33-21)16-6-4-3-5-7-16/h3-13,15H,14H2,1-2H3,(H,28,31). The number of carbonyl (C=O) groups excluding carboxylic acids is 3. The number of rotatable bonds is 5. The lowest BCUT2D eigenvalue weighted by molar-refractivity contribution is -0.128. The Kier molecular flexibility index (Phi) is 5.37. The van der Waals surface area contributed by atoms with E-state index in [1.165, 1.54) is 0 Å². The summed E-state index contributed by atoms with van der Waals surface area (Å²) in [6.45, 7) is 4.23. The third kappa shape index (κ3) is 3.92. The van der Waals surface area contributed by atoms with Gasteiger partial charge in [-0.3, -0.25) is 5.32 Å². The number of carbonyl (C=O) groups is 3. The fourth-order valence-corrected chi connectivity index (χ4v) is 3.91. The van der Waals surface area contributed by atoms with E-state index in [1.807, 2.05) is 44.2 Å². The van der Waals surface area contributed by atoms with E-state index in [4.69, 9.17) is 14.2 Å². The van der Waals surface area contributed by atoms with Gasteiger partial charge in [-0.15, -0.1) is 0 Å². The lowest BCUT2D eigenvalue weighted by atomic mass is 10.0. The minimum Gasteiger partial charge on any atom is -0.449 e. The van der Waals surface area contributed by atoms with Crippen LogP contribution in [0.25, 0.3) is 11.1 Å². The van der Waals surface area contributed by atoms with Crippen molar-refractivity contribution in [3.05, 3.63) is 88.3 Å². The van der Waals surface area contributed by atoms with Crippen LogP contribution in [0.3, 0.4) is 0 Å². The van der Waals surface area contributed by atoms with Crippen LogP contribution >= 0.6 is 0 Å². The molecule has 0 aliphatic carbocycles. The normalized spacial score (nSPS) is 14.0. The first-order chi connectivity index (χ1) is 16.4. The molecule has 0 bridgehead atoms. The van der Waals surface area contributed by atoms with Crippen LogP contribution in [0.4, 0.5) is 10.5 Å². The second-order valence-corrected chi connectivity index (χ2v) is 8.43. The average Bonchev–Trinajstić information content (AvgIpc) is 3.31. The van der Waals surface area contributed by atoms with Crippen LogP contribution in [-0.2, 0) is 14.3 Å². The summed E-state index contributed by atoms with van der Waals surface area (Å²) in [6, 6.07) is 19.3. The zero-order chi connectivity index (χ0) is 23.8. The van der Waals surface area contributed by atoms with Crippen molar-refractivity contribution in [1.82, 2.24) is 0 Å². The summed E-state index contributed by atoms with van der Waals surface area (Å²) in [7, 11) is 0. The summed E-state index contributed by atoms with van der Waals surface area (Å²) in [4.78, 5) is 37.2. The molecule has 1 N–H and O–H groups in total. The van der Waals surface area contributed by atoms with Crippen molar-refractivity contribution in [2.45, 2.75) is 13.8 Å². The van der Waals surface area contributed by atoms with Crippen LogP contribution in [0.2, 0.25) is 0 Å². The zero-order valence-corrected chi connectivity index (χ0v) is 18.6. The molecule has 34 heavy (non-hydrogen) atoms. The number of anilines is 1. The van der Waals surface area contributed by atoms with Crippen LogP contribution in [0, 0.1) is 5.92 Å². The van der Waals surface area contributed by atoms with E-state index in [9.17, 15) is 14.4 Å². The first-order valence-electron chi connectivity index (χ1n) is 10.9. The number of hydrogen-bond donors (Lipinski definition) is 1. The van der Waals surface area contributed by atoms with Crippen molar-refractivity contribution < 1.29 is 28.6 Å². The molecule has 1 amide bonds. The molecule has 0 radical (unpaired) electrons. The third-order valence-corrected chi connectivity index (χ3v) is 5.46. The molecule has 0 aromatic heterocycles. The molecule has 2 aliphatic heterocycles. The van der Waals surface area contributed by atoms with Gasteiger partial charge >= 0.3 is 18.0 Å². The van der Waals surface area contributed by atoms with Gasteiger partial charge in [0.25, 0.3) is 0 Å². The topological polar surface area (TPSA) is 90.9 Å². The van der Waals surface area contributed by atoms with E-state index in [-0.39, 0.29) is 5.92 Å². The van der Waals surface area contributed by atoms with Crippen LogP contribution in [0.1, 0.15) is 25.0 Å². The van der Waals surface area contributed by atoms with Crippen molar-refractivity contribution in [3.63, 3.8) is 0 Å². The lowest BCUT2D eigenvalue weighted by Gasteiger charge is -2.09. The smallest absolute Gasteiger partial charge is 0.411 e. The Morgan fingerprint density at radius 3 is 1.88 bits per heavy atom. The Balaban J connectivity index is 1.51. The molecule has 2 aliphatic rings. The molecular formula is C27H21NO6. The Labute approximate surface area is 195 Å². The number of ether oxygens (including phenoxy) is 3. The predicted octanol–water partition coefficient (Wildman–Crippen LogP) is 3.13. The number of nitrogens with one attached hydrogen (secondary N) is 1. The van der Waals surface area contributed by atoms with Gasteiger partial charge in [0.15, 0.2) is 0 Å². The Morgan fingerprint density at radius 2 is 1.35 bits per heavy atom. The van der Waals surface area contributed by atoms with Gasteiger partial charge in [0.2, 0.25) is 0 Å². The van der Waals surface area contributed by atoms with Gasteiger partial charge in [-0.25, -0.2) is 14.4 Å². The molecule has 7 heteroatoms. The summed E-state index contributed by atoms with van der Waals surface area (Å²) >= 11 is 0. The fourth-order valence-electron chi connectivity index (χ4n) is 3.91. The maximum absolute atomic E-state index is 12.7. The van der Waals surface area contributed by atoms with Crippen LogP contribution in [-0.4, -0.2) is 24.6 Å². The predicted molar refractivity (Wildman–Crippen MR) is 125 cm³/mol. The minimum atomic E-state index is -0.539. The molecule has 0 spiro atoms. The highest BCUT2D eigenvalue weighted by Gasteiger charge is 2.30. The summed E-state index contributed by atoms with van der Waals surface area (Å²) in [6.07, 6.45) is -0.539.